The van der Waals surface area contributed by atoms with Crippen LogP contribution in [0.15, 0.2) is 18.2 Å². The van der Waals surface area contributed by atoms with E-state index in [0.717, 1.165) is 29.9 Å². The molecule has 1 aromatic carbocycles. The van der Waals surface area contributed by atoms with Gasteiger partial charge in [0, 0.05) is 23.1 Å². The van der Waals surface area contributed by atoms with Crippen LogP contribution >= 0.6 is 11.6 Å². The van der Waals surface area contributed by atoms with E-state index < -0.39 is 0 Å². The number of nitrogen functional groups attached to an aromatic ring is 1. The van der Waals surface area contributed by atoms with Gasteiger partial charge in [0.05, 0.1) is 12.8 Å². The molecule has 1 heterocycles. The van der Waals surface area contributed by atoms with Crippen LogP contribution in [0.1, 0.15) is 30.1 Å². The summed E-state index contributed by atoms with van der Waals surface area (Å²) in [7, 11) is 1.61. The minimum Gasteiger partial charge on any atom is -0.495 e. The zero-order chi connectivity index (χ0) is 15.0. The maximum absolute atomic E-state index is 6.11. The third-order valence-electron chi connectivity index (χ3n) is 3.45. The minimum atomic E-state index is 0.447. The van der Waals surface area contributed by atoms with Gasteiger partial charge in [0.2, 0.25) is 0 Å². The molecule has 0 radical (unpaired) electrons. The van der Waals surface area contributed by atoms with Crippen molar-refractivity contribution in [1.82, 2.24) is 9.97 Å². The molecule has 5 nitrogen and oxygen atoms in total. The molecule has 0 spiro atoms. The van der Waals surface area contributed by atoms with Crippen LogP contribution in [0, 0.1) is 6.92 Å². The first-order valence-corrected chi connectivity index (χ1v) is 7.20. The zero-order valence-corrected chi connectivity index (χ0v) is 12.7. The summed E-state index contributed by atoms with van der Waals surface area (Å²) in [5.41, 5.74) is 7.63. The van der Waals surface area contributed by atoms with Crippen molar-refractivity contribution in [2.75, 3.05) is 18.2 Å². The molecule has 0 bridgehead atoms. The second kappa shape index (κ2) is 5.41. The van der Waals surface area contributed by atoms with Crippen molar-refractivity contribution in [2.24, 2.45) is 0 Å². The van der Waals surface area contributed by atoms with Crippen molar-refractivity contribution < 1.29 is 4.74 Å². The number of halogens is 1. The second-order valence-corrected chi connectivity index (χ2v) is 5.64. The Labute approximate surface area is 128 Å². The summed E-state index contributed by atoms with van der Waals surface area (Å²) < 4.78 is 5.35. The Morgan fingerprint density at radius 3 is 2.71 bits per heavy atom. The molecule has 1 aliphatic carbocycles. The van der Waals surface area contributed by atoms with Crippen LogP contribution in [0.5, 0.6) is 5.75 Å². The number of aromatic nitrogens is 2. The lowest BCUT2D eigenvalue weighted by molar-refractivity contribution is 0.416. The van der Waals surface area contributed by atoms with Crippen molar-refractivity contribution >= 4 is 28.9 Å². The van der Waals surface area contributed by atoms with E-state index in [1.54, 1.807) is 19.2 Å². The average molecular weight is 305 g/mol. The smallest absolute Gasteiger partial charge is 0.143 e. The third-order valence-corrected chi connectivity index (χ3v) is 3.86. The molecule has 0 atom stereocenters. The van der Waals surface area contributed by atoms with E-state index in [4.69, 9.17) is 22.1 Å². The molecule has 0 aliphatic heterocycles. The normalized spacial score (nSPS) is 14.0. The van der Waals surface area contributed by atoms with Gasteiger partial charge in [0.15, 0.2) is 0 Å². The number of hydrogen-bond donors (Lipinski definition) is 2. The molecule has 2 aromatic rings. The van der Waals surface area contributed by atoms with Crippen LogP contribution in [0.25, 0.3) is 0 Å². The summed E-state index contributed by atoms with van der Waals surface area (Å²) in [6.45, 7) is 1.94. The number of benzene rings is 1. The largest absolute Gasteiger partial charge is 0.495 e. The van der Waals surface area contributed by atoms with Crippen LogP contribution in [-0.2, 0) is 0 Å². The minimum absolute atomic E-state index is 0.447. The molecule has 1 aromatic heterocycles. The Morgan fingerprint density at radius 1 is 1.29 bits per heavy atom. The van der Waals surface area contributed by atoms with Crippen LogP contribution in [-0.4, -0.2) is 17.1 Å². The number of rotatable bonds is 4. The van der Waals surface area contributed by atoms with Gasteiger partial charge in [-0.2, -0.15) is 0 Å². The first kappa shape index (κ1) is 13.9. The predicted octanol–water partition coefficient (Wildman–Crippen LogP) is 3.65. The number of ether oxygens (including phenoxy) is 1. The first-order chi connectivity index (χ1) is 10.1. The Balaban J connectivity index is 1.94. The van der Waals surface area contributed by atoms with E-state index >= 15 is 0 Å². The molecule has 0 amide bonds. The standard InChI is InChI=1S/C15H17ClN4O/c1-8-5-11(12(21-2)6-10(8)16)18-14-7-13(17)19-15(20-14)9-3-4-9/h5-7,9H,3-4H2,1-2H3,(H3,17,18,19,20). The summed E-state index contributed by atoms with van der Waals surface area (Å²) in [6.07, 6.45) is 2.26. The van der Waals surface area contributed by atoms with Crippen LogP contribution in [0.4, 0.5) is 17.3 Å². The highest BCUT2D eigenvalue weighted by Crippen LogP contribution is 2.39. The van der Waals surface area contributed by atoms with Gasteiger partial charge >= 0.3 is 0 Å². The number of nitrogens with zero attached hydrogens (tertiary/aromatic N) is 2. The van der Waals surface area contributed by atoms with E-state index in [2.05, 4.69) is 15.3 Å². The molecule has 6 heteroatoms. The number of methoxy groups -OCH3 is 1. The van der Waals surface area contributed by atoms with Gasteiger partial charge in [-0.05, 0) is 31.4 Å². The summed E-state index contributed by atoms with van der Waals surface area (Å²) >= 11 is 6.11. The summed E-state index contributed by atoms with van der Waals surface area (Å²) in [4.78, 5) is 8.81. The highest BCUT2D eigenvalue weighted by molar-refractivity contribution is 6.31. The lowest BCUT2D eigenvalue weighted by atomic mass is 10.2. The predicted molar refractivity (Wildman–Crippen MR) is 84.4 cm³/mol. The van der Waals surface area contributed by atoms with Gasteiger partial charge in [0.25, 0.3) is 0 Å². The monoisotopic (exact) mass is 304 g/mol. The zero-order valence-electron chi connectivity index (χ0n) is 12.0. The number of nitrogens with two attached hydrogens (primary N) is 1. The average Bonchev–Trinajstić information content (AvgIpc) is 3.26. The van der Waals surface area contributed by atoms with Crippen molar-refractivity contribution in [2.45, 2.75) is 25.7 Å². The fraction of sp³-hybridized carbons (Fsp3) is 0.333. The van der Waals surface area contributed by atoms with Crippen molar-refractivity contribution in [3.8, 4) is 5.75 Å². The lowest BCUT2D eigenvalue weighted by Gasteiger charge is -2.13. The maximum Gasteiger partial charge on any atom is 0.143 e. The lowest BCUT2D eigenvalue weighted by Crippen LogP contribution is -2.03. The van der Waals surface area contributed by atoms with Crippen LogP contribution < -0.4 is 15.8 Å². The maximum atomic E-state index is 6.11. The SMILES string of the molecule is COc1cc(Cl)c(C)cc1Nc1cc(N)nc(C2CC2)n1. The van der Waals surface area contributed by atoms with E-state index in [-0.39, 0.29) is 0 Å². The Kier molecular flexibility index (Phi) is 3.59. The molecular weight excluding hydrogens is 288 g/mol. The number of nitrogens with one attached hydrogen (secondary N) is 1. The van der Waals surface area contributed by atoms with Crippen LogP contribution in [0.3, 0.4) is 0 Å². The van der Waals surface area contributed by atoms with Crippen LogP contribution in [0.2, 0.25) is 5.02 Å². The van der Waals surface area contributed by atoms with Gasteiger partial charge in [-0.25, -0.2) is 9.97 Å². The van der Waals surface area contributed by atoms with E-state index in [0.29, 0.717) is 28.3 Å². The molecule has 1 saturated carbocycles. The van der Waals surface area contributed by atoms with Crippen molar-refractivity contribution in [3.63, 3.8) is 0 Å². The highest BCUT2D eigenvalue weighted by Gasteiger charge is 2.27. The summed E-state index contributed by atoms with van der Waals surface area (Å²) in [5, 5.41) is 3.91. The van der Waals surface area contributed by atoms with E-state index in [1.165, 1.54) is 0 Å². The molecule has 21 heavy (non-hydrogen) atoms. The second-order valence-electron chi connectivity index (χ2n) is 5.24. The fourth-order valence-electron chi connectivity index (χ4n) is 2.14. The quantitative estimate of drug-likeness (QED) is 0.902. The molecule has 1 fully saturated rings. The third kappa shape index (κ3) is 3.03. The molecule has 3 N–H and O–H groups in total. The van der Waals surface area contributed by atoms with Gasteiger partial charge in [-0.15, -0.1) is 0 Å². The van der Waals surface area contributed by atoms with Crippen molar-refractivity contribution in [1.29, 1.82) is 0 Å². The fourth-order valence-corrected chi connectivity index (χ4v) is 2.29. The van der Waals surface area contributed by atoms with E-state index in [9.17, 15) is 0 Å². The number of hydrogen-bond acceptors (Lipinski definition) is 5. The molecule has 3 rings (SSSR count). The molecule has 0 unspecified atom stereocenters. The van der Waals surface area contributed by atoms with Gasteiger partial charge in [0.1, 0.15) is 23.2 Å². The number of aryl methyl sites for hydroxylation is 1. The van der Waals surface area contributed by atoms with Gasteiger partial charge < -0.3 is 15.8 Å². The Hall–Kier alpha value is -2.01. The Bertz CT molecular complexity index is 686. The summed E-state index contributed by atoms with van der Waals surface area (Å²) in [6, 6.07) is 5.43. The highest BCUT2D eigenvalue weighted by atomic mass is 35.5. The van der Waals surface area contributed by atoms with Crippen molar-refractivity contribution in [3.05, 3.63) is 34.6 Å². The van der Waals surface area contributed by atoms with Gasteiger partial charge in [-0.1, -0.05) is 11.6 Å². The Morgan fingerprint density at radius 2 is 2.05 bits per heavy atom. The molecule has 110 valence electrons. The molecular formula is C15H17ClN4O. The molecule has 0 saturated heterocycles. The summed E-state index contributed by atoms with van der Waals surface area (Å²) in [5.74, 6) is 3.06. The topological polar surface area (TPSA) is 73.1 Å². The molecule has 1 aliphatic rings. The van der Waals surface area contributed by atoms with E-state index in [1.807, 2.05) is 13.0 Å². The first-order valence-electron chi connectivity index (χ1n) is 6.82. The van der Waals surface area contributed by atoms with Gasteiger partial charge in [-0.3, -0.25) is 0 Å². The number of anilines is 3.